The lowest BCUT2D eigenvalue weighted by Gasteiger charge is -2.13. The topological polar surface area (TPSA) is 72.7 Å². The molecule has 2 heterocycles. The molecule has 1 amide bonds. The van der Waals surface area contributed by atoms with Crippen molar-refractivity contribution in [3.8, 4) is 0 Å². The summed E-state index contributed by atoms with van der Waals surface area (Å²) in [6.07, 6.45) is 4.82. The maximum atomic E-state index is 12.0. The minimum Gasteiger partial charge on any atom is -0.344 e. The number of aryl methyl sites for hydroxylation is 2. The van der Waals surface area contributed by atoms with E-state index in [0.717, 1.165) is 17.0 Å². The van der Waals surface area contributed by atoms with Gasteiger partial charge >= 0.3 is 0 Å². The molecule has 0 unspecified atom stereocenters. The molecular weight excluding hydrogens is 242 g/mol. The van der Waals surface area contributed by atoms with Gasteiger partial charge in [0.15, 0.2) is 0 Å². The molecule has 0 fully saturated rings. The number of rotatable bonds is 3. The third-order valence-corrected chi connectivity index (χ3v) is 3.10. The third-order valence-electron chi connectivity index (χ3n) is 3.10. The highest BCUT2D eigenvalue weighted by Crippen LogP contribution is 2.16. The Morgan fingerprint density at radius 3 is 2.53 bits per heavy atom. The quantitative estimate of drug-likeness (QED) is 0.902. The van der Waals surface area contributed by atoms with Gasteiger partial charge in [-0.1, -0.05) is 0 Å². The Balaban J connectivity index is 2.10. The minimum absolute atomic E-state index is 0.121. The van der Waals surface area contributed by atoms with E-state index in [1.807, 2.05) is 27.8 Å². The summed E-state index contributed by atoms with van der Waals surface area (Å²) in [5, 5.41) is 7.06. The van der Waals surface area contributed by atoms with Gasteiger partial charge in [-0.25, -0.2) is 4.98 Å². The van der Waals surface area contributed by atoms with Crippen LogP contribution in [-0.2, 0) is 7.05 Å². The molecule has 0 aliphatic rings. The average Bonchev–Trinajstić information content (AvgIpc) is 2.70. The summed E-state index contributed by atoms with van der Waals surface area (Å²) in [6, 6.07) is -0.121. The van der Waals surface area contributed by atoms with Crippen LogP contribution in [0.1, 0.15) is 40.4 Å². The summed E-state index contributed by atoms with van der Waals surface area (Å²) >= 11 is 0. The zero-order valence-corrected chi connectivity index (χ0v) is 11.5. The van der Waals surface area contributed by atoms with Crippen molar-refractivity contribution in [2.75, 3.05) is 0 Å². The largest absolute Gasteiger partial charge is 0.344 e. The fourth-order valence-electron chi connectivity index (χ4n) is 1.80. The Bertz CT molecular complexity index is 588. The van der Waals surface area contributed by atoms with Crippen LogP contribution in [0, 0.1) is 13.8 Å². The summed E-state index contributed by atoms with van der Waals surface area (Å²) in [6.45, 7) is 5.72. The Kier molecular flexibility index (Phi) is 3.59. The molecule has 0 saturated carbocycles. The number of carbonyl (C=O) groups is 1. The van der Waals surface area contributed by atoms with Crippen molar-refractivity contribution < 1.29 is 4.79 Å². The smallest absolute Gasteiger partial charge is 0.271 e. The maximum absolute atomic E-state index is 12.0. The van der Waals surface area contributed by atoms with Crippen molar-refractivity contribution in [2.24, 2.45) is 7.05 Å². The Morgan fingerprint density at radius 1 is 1.26 bits per heavy atom. The van der Waals surface area contributed by atoms with Crippen LogP contribution < -0.4 is 5.32 Å². The molecule has 100 valence electrons. The number of carbonyl (C=O) groups excluding carboxylic acids is 1. The van der Waals surface area contributed by atoms with Gasteiger partial charge < -0.3 is 5.32 Å². The summed E-state index contributed by atoms with van der Waals surface area (Å²) in [7, 11) is 1.87. The summed E-state index contributed by atoms with van der Waals surface area (Å²) in [4.78, 5) is 20.1. The van der Waals surface area contributed by atoms with Gasteiger partial charge in [-0.05, 0) is 20.8 Å². The number of aromatic nitrogens is 4. The van der Waals surface area contributed by atoms with Gasteiger partial charge in [-0.2, -0.15) is 5.10 Å². The van der Waals surface area contributed by atoms with Crippen LogP contribution in [0.5, 0.6) is 0 Å². The average molecular weight is 259 g/mol. The van der Waals surface area contributed by atoms with E-state index in [0.29, 0.717) is 5.69 Å². The molecule has 2 rings (SSSR count). The number of nitrogens with one attached hydrogen (secondary N) is 1. The van der Waals surface area contributed by atoms with E-state index < -0.39 is 0 Å². The second-order valence-electron chi connectivity index (χ2n) is 4.55. The van der Waals surface area contributed by atoms with Crippen LogP contribution in [0.4, 0.5) is 0 Å². The predicted octanol–water partition coefficient (Wildman–Crippen LogP) is 1.32. The van der Waals surface area contributed by atoms with Crippen LogP contribution in [0.3, 0.4) is 0 Å². The van der Waals surface area contributed by atoms with Crippen molar-refractivity contribution in [3.63, 3.8) is 0 Å². The van der Waals surface area contributed by atoms with Crippen LogP contribution >= 0.6 is 0 Å². The van der Waals surface area contributed by atoms with E-state index in [1.165, 1.54) is 6.20 Å². The summed E-state index contributed by atoms with van der Waals surface area (Å²) in [5.74, 6) is -0.233. The first-order chi connectivity index (χ1) is 8.99. The number of hydrogen-bond donors (Lipinski definition) is 1. The lowest BCUT2D eigenvalue weighted by Crippen LogP contribution is -2.27. The van der Waals surface area contributed by atoms with Gasteiger partial charge in [0, 0.05) is 24.5 Å². The first kappa shape index (κ1) is 13.2. The van der Waals surface area contributed by atoms with Gasteiger partial charge in [0.25, 0.3) is 5.91 Å². The van der Waals surface area contributed by atoms with E-state index in [4.69, 9.17) is 0 Å². The Labute approximate surface area is 111 Å². The monoisotopic (exact) mass is 259 g/mol. The normalized spacial score (nSPS) is 12.2. The lowest BCUT2D eigenvalue weighted by atomic mass is 10.1. The van der Waals surface area contributed by atoms with E-state index >= 15 is 0 Å². The molecule has 6 heteroatoms. The van der Waals surface area contributed by atoms with Crippen LogP contribution in [0.25, 0.3) is 0 Å². The second-order valence-corrected chi connectivity index (χ2v) is 4.55. The number of amides is 1. The van der Waals surface area contributed by atoms with Crippen molar-refractivity contribution in [2.45, 2.75) is 26.8 Å². The standard InChI is InChI=1S/C13H17N5O/c1-8-5-15-12(7-14-8)13(19)17-9(2)11-6-16-18(4)10(11)3/h5-7,9H,1-4H3,(H,17,19)/t9-/m1/s1. The molecule has 2 aromatic rings. The van der Waals surface area contributed by atoms with E-state index in [2.05, 4.69) is 20.4 Å². The number of hydrogen-bond acceptors (Lipinski definition) is 4. The molecule has 2 aromatic heterocycles. The van der Waals surface area contributed by atoms with E-state index in [1.54, 1.807) is 17.1 Å². The fraction of sp³-hybridized carbons (Fsp3) is 0.385. The molecule has 0 aliphatic carbocycles. The SMILES string of the molecule is Cc1cnc(C(=O)N[C@H](C)c2cnn(C)c2C)cn1. The van der Waals surface area contributed by atoms with Gasteiger partial charge in [0.2, 0.25) is 0 Å². The van der Waals surface area contributed by atoms with Gasteiger partial charge in [-0.3, -0.25) is 14.5 Å². The predicted molar refractivity (Wildman–Crippen MR) is 70.6 cm³/mol. The Hall–Kier alpha value is -2.24. The van der Waals surface area contributed by atoms with E-state index in [-0.39, 0.29) is 11.9 Å². The van der Waals surface area contributed by atoms with Gasteiger partial charge in [0.05, 0.1) is 24.1 Å². The molecule has 1 N–H and O–H groups in total. The molecule has 19 heavy (non-hydrogen) atoms. The summed E-state index contributed by atoms with van der Waals surface area (Å²) in [5.41, 5.74) is 3.13. The first-order valence-electron chi connectivity index (χ1n) is 6.07. The first-order valence-corrected chi connectivity index (χ1v) is 6.07. The van der Waals surface area contributed by atoms with Crippen LogP contribution in [0.2, 0.25) is 0 Å². The molecule has 0 saturated heterocycles. The second kappa shape index (κ2) is 5.17. The molecular formula is C13H17N5O. The van der Waals surface area contributed by atoms with Crippen molar-refractivity contribution in [1.82, 2.24) is 25.1 Å². The lowest BCUT2D eigenvalue weighted by molar-refractivity contribution is 0.0934. The molecule has 6 nitrogen and oxygen atoms in total. The zero-order valence-electron chi connectivity index (χ0n) is 11.5. The molecule has 0 aliphatic heterocycles. The summed E-state index contributed by atoms with van der Waals surface area (Å²) < 4.78 is 1.78. The molecule has 0 aromatic carbocycles. The highest BCUT2D eigenvalue weighted by atomic mass is 16.1. The van der Waals surface area contributed by atoms with Gasteiger partial charge in [0.1, 0.15) is 5.69 Å². The molecule has 0 bridgehead atoms. The highest BCUT2D eigenvalue weighted by Gasteiger charge is 2.16. The van der Waals surface area contributed by atoms with Crippen molar-refractivity contribution in [3.05, 3.63) is 41.2 Å². The van der Waals surface area contributed by atoms with E-state index in [9.17, 15) is 4.79 Å². The molecule has 1 atom stereocenters. The highest BCUT2D eigenvalue weighted by molar-refractivity contribution is 5.92. The zero-order chi connectivity index (χ0) is 14.0. The minimum atomic E-state index is -0.233. The van der Waals surface area contributed by atoms with Gasteiger partial charge in [-0.15, -0.1) is 0 Å². The molecule has 0 spiro atoms. The maximum Gasteiger partial charge on any atom is 0.271 e. The van der Waals surface area contributed by atoms with Crippen molar-refractivity contribution in [1.29, 1.82) is 0 Å². The Morgan fingerprint density at radius 2 is 2.00 bits per heavy atom. The van der Waals surface area contributed by atoms with Crippen molar-refractivity contribution >= 4 is 5.91 Å². The van der Waals surface area contributed by atoms with Crippen LogP contribution in [0.15, 0.2) is 18.6 Å². The fourth-order valence-corrected chi connectivity index (χ4v) is 1.80. The van der Waals surface area contributed by atoms with Crippen LogP contribution in [-0.4, -0.2) is 25.7 Å². The number of nitrogens with zero attached hydrogens (tertiary/aromatic N) is 4. The molecule has 0 radical (unpaired) electrons. The third kappa shape index (κ3) is 2.78.